The average Bonchev–Trinajstić information content (AvgIpc) is 3.15. The fourth-order valence-corrected chi connectivity index (χ4v) is 3.80. The number of nitrogens with one attached hydrogen (secondary N) is 3. The third-order valence-electron chi connectivity index (χ3n) is 3.55. The third kappa shape index (κ3) is 6.36. The van der Waals surface area contributed by atoms with Crippen LogP contribution in [0.3, 0.4) is 0 Å². The van der Waals surface area contributed by atoms with Gasteiger partial charge in [0.25, 0.3) is 5.91 Å². The zero-order valence-corrected chi connectivity index (χ0v) is 17.3. The lowest BCUT2D eigenvalue weighted by Crippen LogP contribution is -2.14. The number of aromatic nitrogens is 2. The van der Waals surface area contributed by atoms with Crippen molar-refractivity contribution in [2.24, 2.45) is 0 Å². The number of thioether (sulfide) groups is 1. The molecule has 3 rings (SSSR count). The van der Waals surface area contributed by atoms with Crippen LogP contribution in [0.15, 0.2) is 52.9 Å². The first-order valence-corrected chi connectivity index (χ1v) is 10.4. The highest BCUT2D eigenvalue weighted by Crippen LogP contribution is 2.26. The molecule has 154 valence electrons. The van der Waals surface area contributed by atoms with Crippen LogP contribution >= 0.6 is 23.1 Å². The van der Waals surface area contributed by atoms with Gasteiger partial charge in [-0.15, -0.1) is 10.2 Å². The number of carbonyl (C=O) groups is 3. The van der Waals surface area contributed by atoms with Crippen LogP contribution in [0, 0.1) is 5.82 Å². The summed E-state index contributed by atoms with van der Waals surface area (Å²) in [6.07, 6.45) is 0. The maximum Gasteiger partial charge on any atom is 0.257 e. The average molecular weight is 446 g/mol. The minimum absolute atomic E-state index is 0.105. The first-order valence-electron chi connectivity index (χ1n) is 8.60. The van der Waals surface area contributed by atoms with Gasteiger partial charge in [-0.2, -0.15) is 0 Å². The molecule has 0 saturated carbocycles. The van der Waals surface area contributed by atoms with Crippen molar-refractivity contribution in [1.82, 2.24) is 10.2 Å². The van der Waals surface area contributed by atoms with Crippen molar-refractivity contribution in [3.05, 3.63) is 59.9 Å². The summed E-state index contributed by atoms with van der Waals surface area (Å²) in [4.78, 5) is 35.2. The molecule has 11 heteroatoms. The van der Waals surface area contributed by atoms with Crippen molar-refractivity contribution in [2.45, 2.75) is 11.3 Å². The Kier molecular flexibility index (Phi) is 7.09. The van der Waals surface area contributed by atoms with Gasteiger partial charge >= 0.3 is 0 Å². The van der Waals surface area contributed by atoms with Crippen molar-refractivity contribution in [2.75, 3.05) is 21.7 Å². The normalized spacial score (nSPS) is 10.3. The zero-order chi connectivity index (χ0) is 21.5. The number of benzene rings is 2. The van der Waals surface area contributed by atoms with E-state index >= 15 is 0 Å². The van der Waals surface area contributed by atoms with Crippen molar-refractivity contribution in [3.8, 4) is 0 Å². The molecule has 0 aliphatic rings. The number of rotatable bonds is 7. The quantitative estimate of drug-likeness (QED) is 0.378. The highest BCUT2D eigenvalue weighted by atomic mass is 32.2. The summed E-state index contributed by atoms with van der Waals surface area (Å²) in [6, 6.07) is 11.9. The molecular weight excluding hydrogens is 429 g/mol. The van der Waals surface area contributed by atoms with Gasteiger partial charge in [-0.1, -0.05) is 23.1 Å². The van der Waals surface area contributed by atoms with Crippen LogP contribution in [0.2, 0.25) is 0 Å². The Labute approximate surface area is 179 Å². The van der Waals surface area contributed by atoms with Gasteiger partial charge < -0.3 is 10.6 Å². The maximum absolute atomic E-state index is 12.9. The molecule has 0 aliphatic heterocycles. The second-order valence-electron chi connectivity index (χ2n) is 5.93. The van der Waals surface area contributed by atoms with E-state index in [4.69, 9.17) is 0 Å². The van der Waals surface area contributed by atoms with Crippen LogP contribution in [0.5, 0.6) is 0 Å². The summed E-state index contributed by atoms with van der Waals surface area (Å²) in [6.45, 7) is 1.42. The largest absolute Gasteiger partial charge is 0.326 e. The summed E-state index contributed by atoms with van der Waals surface area (Å²) in [7, 11) is 0. The van der Waals surface area contributed by atoms with Crippen LogP contribution in [-0.2, 0) is 9.59 Å². The molecule has 2 aromatic carbocycles. The Hall–Kier alpha value is -3.31. The summed E-state index contributed by atoms with van der Waals surface area (Å²) < 4.78 is 13.4. The number of amides is 3. The Morgan fingerprint density at radius 3 is 2.20 bits per heavy atom. The molecule has 30 heavy (non-hydrogen) atoms. The van der Waals surface area contributed by atoms with Gasteiger partial charge in [0, 0.05) is 23.9 Å². The van der Waals surface area contributed by atoms with Crippen LogP contribution in [0.1, 0.15) is 17.3 Å². The van der Waals surface area contributed by atoms with Gasteiger partial charge in [0.05, 0.1) is 5.75 Å². The molecule has 0 fully saturated rings. The lowest BCUT2D eigenvalue weighted by Gasteiger charge is -2.06. The standard InChI is InChI=1S/C19H16FN5O3S2/c1-11(26)21-14-6-8-15(9-7-14)22-16(27)10-29-19-25-24-18(30-19)23-17(28)12-2-4-13(20)5-3-12/h2-9H,10H2,1H3,(H,21,26)(H,22,27)(H,23,24,28). The predicted octanol–water partition coefficient (Wildman–Crippen LogP) is 3.62. The predicted molar refractivity (Wildman–Crippen MR) is 114 cm³/mol. The van der Waals surface area contributed by atoms with Crippen LogP contribution < -0.4 is 16.0 Å². The lowest BCUT2D eigenvalue weighted by molar-refractivity contribution is -0.114. The van der Waals surface area contributed by atoms with Gasteiger partial charge in [-0.25, -0.2) is 4.39 Å². The minimum Gasteiger partial charge on any atom is -0.326 e. The molecule has 0 atom stereocenters. The van der Waals surface area contributed by atoms with Gasteiger partial charge in [-0.05, 0) is 48.5 Å². The molecule has 8 nitrogen and oxygen atoms in total. The molecule has 1 heterocycles. The summed E-state index contributed by atoms with van der Waals surface area (Å²) in [5.41, 5.74) is 1.53. The van der Waals surface area contributed by atoms with E-state index in [1.54, 1.807) is 24.3 Å². The van der Waals surface area contributed by atoms with Crippen LogP contribution in [0.4, 0.5) is 20.9 Å². The van der Waals surface area contributed by atoms with E-state index in [1.165, 1.54) is 43.0 Å². The Balaban J connectivity index is 1.47. The number of halogens is 1. The molecule has 0 unspecified atom stereocenters. The van der Waals surface area contributed by atoms with Crippen LogP contribution in [-0.4, -0.2) is 33.7 Å². The molecule has 0 saturated heterocycles. The zero-order valence-electron chi connectivity index (χ0n) is 15.6. The van der Waals surface area contributed by atoms with E-state index in [0.29, 0.717) is 21.3 Å². The molecular formula is C19H16FN5O3S2. The first-order chi connectivity index (χ1) is 14.4. The van der Waals surface area contributed by atoms with Gasteiger partial charge in [0.15, 0.2) is 4.34 Å². The second kappa shape index (κ2) is 9.94. The first kappa shape index (κ1) is 21.4. The smallest absolute Gasteiger partial charge is 0.257 e. The molecule has 3 aromatic rings. The molecule has 3 amide bonds. The second-order valence-corrected chi connectivity index (χ2v) is 8.13. The Bertz CT molecular complexity index is 1050. The van der Waals surface area contributed by atoms with Crippen molar-refractivity contribution < 1.29 is 18.8 Å². The number of nitrogens with zero attached hydrogens (tertiary/aromatic N) is 2. The minimum atomic E-state index is -0.428. The molecule has 0 spiro atoms. The topological polar surface area (TPSA) is 113 Å². The highest BCUT2D eigenvalue weighted by molar-refractivity contribution is 8.01. The van der Waals surface area contributed by atoms with Gasteiger partial charge in [0.2, 0.25) is 16.9 Å². The van der Waals surface area contributed by atoms with E-state index in [2.05, 4.69) is 26.1 Å². The SMILES string of the molecule is CC(=O)Nc1ccc(NC(=O)CSc2nnc(NC(=O)c3ccc(F)cc3)s2)cc1. The molecule has 0 aliphatic carbocycles. The molecule has 0 bridgehead atoms. The van der Waals surface area contributed by atoms with Crippen molar-refractivity contribution in [3.63, 3.8) is 0 Å². The Morgan fingerprint density at radius 2 is 1.57 bits per heavy atom. The number of carbonyl (C=O) groups excluding carboxylic acids is 3. The third-order valence-corrected chi connectivity index (χ3v) is 5.52. The van der Waals surface area contributed by atoms with Crippen LogP contribution in [0.25, 0.3) is 0 Å². The fraction of sp³-hybridized carbons (Fsp3) is 0.105. The van der Waals surface area contributed by atoms with E-state index in [0.717, 1.165) is 11.3 Å². The highest BCUT2D eigenvalue weighted by Gasteiger charge is 2.12. The summed E-state index contributed by atoms with van der Waals surface area (Å²) >= 11 is 2.31. The maximum atomic E-state index is 12.9. The van der Waals surface area contributed by atoms with E-state index < -0.39 is 11.7 Å². The van der Waals surface area contributed by atoms with Crippen molar-refractivity contribution >= 4 is 57.3 Å². The molecule has 0 radical (unpaired) electrons. The van der Waals surface area contributed by atoms with Gasteiger partial charge in [-0.3, -0.25) is 19.7 Å². The van der Waals surface area contributed by atoms with E-state index in [9.17, 15) is 18.8 Å². The fourth-order valence-electron chi connectivity index (χ4n) is 2.25. The lowest BCUT2D eigenvalue weighted by atomic mass is 10.2. The summed E-state index contributed by atoms with van der Waals surface area (Å²) in [5.74, 6) is -1.16. The molecule has 3 N–H and O–H groups in total. The number of hydrogen-bond acceptors (Lipinski definition) is 7. The summed E-state index contributed by atoms with van der Waals surface area (Å²) in [5, 5.41) is 16.0. The Morgan fingerprint density at radius 1 is 0.933 bits per heavy atom. The number of hydrogen-bond donors (Lipinski definition) is 3. The van der Waals surface area contributed by atoms with E-state index in [1.807, 2.05) is 0 Å². The van der Waals surface area contributed by atoms with E-state index in [-0.39, 0.29) is 22.7 Å². The monoisotopic (exact) mass is 445 g/mol. The van der Waals surface area contributed by atoms with Crippen molar-refractivity contribution in [1.29, 1.82) is 0 Å². The molecule has 1 aromatic heterocycles. The van der Waals surface area contributed by atoms with Gasteiger partial charge in [0.1, 0.15) is 5.82 Å². The number of anilines is 3.